The minimum Gasteiger partial charge on any atom is -0.445 e. The second kappa shape index (κ2) is 38.4. The molecule has 1 saturated heterocycles. The standard InChI is InChI=1S/C68H106N12O14/c1-15-43(8)59(51(92-13)38-55(84)79-37-23-27-50(79)61(93-14)44(9)62(86)72-45(10)60(85)47-24-18-16-19-25-47)77(11)66(90)57(41(4)5)76-65(89)58(42(6)7)78(12)68(91)94-39-46-29-31-48(32-30-46)73-63(87)49(26-22-35-71-67(69)70)74-64(88)56(40(2)3)75-52(81)28-20-17-21-36-80-53(82)33-34-54(80)83/h16,18-19,24-25,29-34,40-45,49-51,56-61,85H,15,17,20-23,26-28,35-39H2,1-14H3,(H,72,86)(H,73,87)(H,74,88)(H,75,81)(H,76,89)(H4,69,70,71)/t43-,44-,45+,49-,50-,51-,56-,57-,58-,59-,60+,61?/m0/s1. The average Bonchev–Trinajstić information content (AvgIpc) is 1.33. The lowest BCUT2D eigenvalue weighted by atomic mass is 9.89. The van der Waals surface area contributed by atoms with Gasteiger partial charge in [-0.15, -0.1) is 0 Å². The predicted molar refractivity (Wildman–Crippen MR) is 356 cm³/mol. The highest BCUT2D eigenvalue weighted by Gasteiger charge is 2.44. The minimum atomic E-state index is -1.08. The molecule has 94 heavy (non-hydrogen) atoms. The highest BCUT2D eigenvalue weighted by Crippen LogP contribution is 2.31. The molecule has 2 aromatic rings. The number of likely N-dealkylation sites (tertiary alicyclic amines) is 1. The molecule has 0 aliphatic carbocycles. The summed E-state index contributed by atoms with van der Waals surface area (Å²) < 4.78 is 17.8. The second-order valence-electron chi connectivity index (χ2n) is 25.8. The van der Waals surface area contributed by atoms with Crippen LogP contribution in [0.4, 0.5) is 10.5 Å². The summed E-state index contributed by atoms with van der Waals surface area (Å²) in [4.78, 5) is 145. The number of hydrogen-bond donors (Lipinski definition) is 8. The molecular formula is C68H106N12O14. The van der Waals surface area contributed by atoms with E-state index >= 15 is 0 Å². The van der Waals surface area contributed by atoms with Gasteiger partial charge in [0.1, 0.15) is 30.8 Å². The van der Waals surface area contributed by atoms with Crippen molar-refractivity contribution in [3.8, 4) is 0 Å². The first-order chi connectivity index (χ1) is 44.5. The number of guanidine groups is 1. The van der Waals surface area contributed by atoms with Gasteiger partial charge in [-0.2, -0.15) is 0 Å². The fraction of sp³-hybridized carbons (Fsp3) is 0.632. The molecule has 2 aliphatic heterocycles. The third kappa shape index (κ3) is 22.9. The molecule has 26 nitrogen and oxygen atoms in total. The van der Waals surface area contributed by atoms with Crippen molar-refractivity contribution in [2.75, 3.05) is 53.3 Å². The quantitative estimate of drug-likeness (QED) is 0.0196. The van der Waals surface area contributed by atoms with Crippen LogP contribution >= 0.6 is 0 Å². The Morgan fingerprint density at radius 1 is 0.723 bits per heavy atom. The van der Waals surface area contributed by atoms with E-state index in [1.807, 2.05) is 32.0 Å². The molecule has 0 radical (unpaired) electrons. The van der Waals surface area contributed by atoms with Crippen LogP contribution in [0, 0.1) is 29.6 Å². The Morgan fingerprint density at radius 3 is 1.94 bits per heavy atom. The van der Waals surface area contributed by atoms with Crippen LogP contribution in [0.1, 0.15) is 151 Å². The van der Waals surface area contributed by atoms with E-state index < -0.39 is 108 Å². The first-order valence-electron chi connectivity index (χ1n) is 32.9. The molecule has 10 amide bonds. The van der Waals surface area contributed by atoms with Crippen LogP contribution in [0.3, 0.4) is 0 Å². The molecule has 10 N–H and O–H groups in total. The SMILES string of the molecule is CC[C@H](C)[C@@H]([C@H](CC(=O)N1CCC[C@H]1C(OC)[C@H](C)C(=O)N[C@H](C)[C@@H](O)c1ccccc1)OC)N(C)C(=O)[C@@H](NC(=O)[C@H](C(C)C)N(C)C(=O)OCc1ccc(NC(=O)[C@H](CCCN=C(N)N)NC(=O)[C@@H](NC(=O)CCCCCN2C(=O)C=CC2=O)C(C)C)cc1)C(C)C. The van der Waals surface area contributed by atoms with Crippen LogP contribution < -0.4 is 38.1 Å². The van der Waals surface area contributed by atoms with Gasteiger partial charge < -0.3 is 67.2 Å². The summed E-state index contributed by atoms with van der Waals surface area (Å²) in [6.45, 7) is 18.7. The van der Waals surface area contributed by atoms with E-state index in [-0.39, 0.29) is 86.3 Å². The maximum atomic E-state index is 14.8. The van der Waals surface area contributed by atoms with Crippen LogP contribution in [0.5, 0.6) is 0 Å². The van der Waals surface area contributed by atoms with Crippen molar-refractivity contribution in [2.45, 2.75) is 201 Å². The first kappa shape index (κ1) is 78.5. The zero-order valence-corrected chi connectivity index (χ0v) is 57.6. The zero-order chi connectivity index (χ0) is 70.1. The van der Waals surface area contributed by atoms with Gasteiger partial charge in [-0.1, -0.05) is 118 Å². The van der Waals surface area contributed by atoms with Gasteiger partial charge in [0, 0.05) is 72.2 Å². The Labute approximate surface area is 554 Å². The maximum Gasteiger partial charge on any atom is 0.410 e. The van der Waals surface area contributed by atoms with E-state index in [0.717, 1.165) is 4.90 Å². The fourth-order valence-electron chi connectivity index (χ4n) is 12.0. The van der Waals surface area contributed by atoms with E-state index in [2.05, 4.69) is 31.6 Å². The number of rotatable bonds is 38. The average molecular weight is 1320 g/mol. The third-order valence-corrected chi connectivity index (χ3v) is 17.7. The molecule has 1 unspecified atom stereocenters. The molecule has 522 valence electrons. The number of amides is 10. The lowest BCUT2D eigenvalue weighted by molar-refractivity contribution is -0.148. The van der Waals surface area contributed by atoms with Crippen LogP contribution in [0.15, 0.2) is 71.7 Å². The van der Waals surface area contributed by atoms with E-state index in [1.165, 1.54) is 38.3 Å². The van der Waals surface area contributed by atoms with Crippen molar-refractivity contribution in [1.82, 2.24) is 40.9 Å². The molecule has 2 aromatic carbocycles. The topological polar surface area (TPSA) is 356 Å². The van der Waals surface area contributed by atoms with Crippen LogP contribution in [0.2, 0.25) is 0 Å². The number of unbranched alkanes of at least 4 members (excludes halogenated alkanes) is 2. The van der Waals surface area contributed by atoms with E-state index in [1.54, 1.807) is 109 Å². The fourth-order valence-corrected chi connectivity index (χ4v) is 12.0. The van der Waals surface area contributed by atoms with Crippen molar-refractivity contribution in [1.29, 1.82) is 0 Å². The summed E-state index contributed by atoms with van der Waals surface area (Å²) in [5.41, 5.74) is 12.6. The zero-order valence-electron chi connectivity index (χ0n) is 57.6. The Hall–Kier alpha value is -7.97. The molecule has 0 spiro atoms. The van der Waals surface area contributed by atoms with E-state index in [4.69, 9.17) is 25.7 Å². The molecule has 26 heteroatoms. The number of carbonyl (C=O) groups excluding carboxylic acids is 10. The molecule has 0 aromatic heterocycles. The number of aliphatic imine (C=N–C) groups is 1. The molecule has 2 heterocycles. The summed E-state index contributed by atoms with van der Waals surface area (Å²) in [7, 11) is 6.09. The van der Waals surface area contributed by atoms with Gasteiger partial charge in [0.2, 0.25) is 41.4 Å². The van der Waals surface area contributed by atoms with Crippen molar-refractivity contribution >= 4 is 70.9 Å². The third-order valence-electron chi connectivity index (χ3n) is 17.7. The maximum absolute atomic E-state index is 14.8. The number of aliphatic hydroxyl groups is 1. The lowest BCUT2D eigenvalue weighted by Crippen LogP contribution is -2.60. The van der Waals surface area contributed by atoms with Crippen LogP contribution in [0.25, 0.3) is 0 Å². The predicted octanol–water partition coefficient (Wildman–Crippen LogP) is 4.68. The number of ether oxygens (including phenoxy) is 3. The molecular weight excluding hydrogens is 1210 g/mol. The first-order valence-corrected chi connectivity index (χ1v) is 32.9. The van der Waals surface area contributed by atoms with Gasteiger partial charge in [-0.3, -0.25) is 57.9 Å². The van der Waals surface area contributed by atoms with Gasteiger partial charge in [-0.05, 0) is 92.4 Å². The molecule has 12 atom stereocenters. The van der Waals surface area contributed by atoms with Crippen molar-refractivity contribution in [2.24, 2.45) is 46.0 Å². The monoisotopic (exact) mass is 1310 g/mol. The number of carbonyl (C=O) groups is 10. The van der Waals surface area contributed by atoms with Crippen molar-refractivity contribution < 1.29 is 67.3 Å². The highest BCUT2D eigenvalue weighted by atomic mass is 16.6. The summed E-state index contributed by atoms with van der Waals surface area (Å²) in [5, 5.41) is 25.2. The largest absolute Gasteiger partial charge is 0.445 e. The number of nitrogens with two attached hydrogens (primary N) is 2. The number of methoxy groups -OCH3 is 2. The summed E-state index contributed by atoms with van der Waals surface area (Å²) >= 11 is 0. The Morgan fingerprint density at radius 2 is 1.36 bits per heavy atom. The van der Waals surface area contributed by atoms with Gasteiger partial charge in [0.25, 0.3) is 11.8 Å². The van der Waals surface area contributed by atoms with Gasteiger partial charge in [-0.25, -0.2) is 4.79 Å². The van der Waals surface area contributed by atoms with Crippen molar-refractivity contribution in [3.63, 3.8) is 0 Å². The Kier molecular flexibility index (Phi) is 32.1. The number of nitrogens with zero attached hydrogens (tertiary/aromatic N) is 5. The molecule has 0 saturated carbocycles. The Balaban J connectivity index is 1.38. The highest BCUT2D eigenvalue weighted by molar-refractivity contribution is 6.12. The smallest absolute Gasteiger partial charge is 0.410 e. The van der Waals surface area contributed by atoms with E-state index in [9.17, 15) is 53.1 Å². The number of anilines is 1. The number of hydrogen-bond acceptors (Lipinski definition) is 15. The molecule has 4 rings (SSSR count). The number of benzene rings is 2. The molecule has 0 bridgehead atoms. The number of aliphatic hydroxyl groups excluding tert-OH is 1. The minimum absolute atomic E-state index is 0.0888. The summed E-state index contributed by atoms with van der Waals surface area (Å²) in [5.74, 6) is -6.01. The van der Waals surface area contributed by atoms with Crippen LogP contribution in [-0.2, 0) is 64.0 Å². The number of likely N-dealkylation sites (N-methyl/N-ethyl adjacent to an activating group) is 2. The summed E-state index contributed by atoms with van der Waals surface area (Å²) in [6.07, 6.45) is 3.14. The van der Waals surface area contributed by atoms with Gasteiger partial charge in [0.15, 0.2) is 5.96 Å². The normalized spacial score (nSPS) is 17.4. The Bertz CT molecular complexity index is 2890. The van der Waals surface area contributed by atoms with Crippen LogP contribution in [-0.4, -0.2) is 192 Å². The van der Waals surface area contributed by atoms with Gasteiger partial charge >= 0.3 is 6.09 Å². The lowest BCUT2D eigenvalue weighted by Gasteiger charge is -2.41. The number of nitrogens with one attached hydrogen (secondary N) is 5. The number of imide groups is 1. The second-order valence-corrected chi connectivity index (χ2v) is 25.8. The molecule has 2 aliphatic rings. The van der Waals surface area contributed by atoms with Gasteiger partial charge in [0.05, 0.1) is 48.8 Å². The summed E-state index contributed by atoms with van der Waals surface area (Å²) in [6, 6.07) is 9.66. The molecule has 1 fully saturated rings. The van der Waals surface area contributed by atoms with Crippen molar-refractivity contribution in [3.05, 3.63) is 77.9 Å². The van der Waals surface area contributed by atoms with E-state index in [0.29, 0.717) is 68.3 Å².